The molecule has 0 aliphatic carbocycles. The average molecular weight is 268 g/mol. The fraction of sp³-hybridized carbons (Fsp3) is 0.389. The summed E-state index contributed by atoms with van der Waals surface area (Å²) in [5, 5.41) is 0. The van der Waals surface area contributed by atoms with Crippen LogP contribution in [0.5, 0.6) is 0 Å². The number of unbranched alkanes of at least 4 members (excludes halogenated alkanes) is 1. The van der Waals surface area contributed by atoms with Crippen LogP contribution < -0.4 is 0 Å². The van der Waals surface area contributed by atoms with Gasteiger partial charge in [0.2, 0.25) is 0 Å². The molecule has 1 aromatic heterocycles. The predicted octanol–water partition coefficient (Wildman–Crippen LogP) is 4.06. The number of benzene rings is 1. The van der Waals surface area contributed by atoms with Gasteiger partial charge in [-0.3, -0.25) is 9.88 Å². The van der Waals surface area contributed by atoms with E-state index in [0.717, 1.165) is 13.1 Å². The topological polar surface area (TPSA) is 16.1 Å². The summed E-state index contributed by atoms with van der Waals surface area (Å²) in [5.74, 6) is 0. The third-order valence-corrected chi connectivity index (χ3v) is 3.47. The maximum Gasteiger partial charge on any atom is 0.0312 e. The highest BCUT2D eigenvalue weighted by atomic mass is 15.1. The van der Waals surface area contributed by atoms with Crippen LogP contribution in [0.4, 0.5) is 0 Å². The van der Waals surface area contributed by atoms with Crippen LogP contribution >= 0.6 is 0 Å². The molecule has 0 aliphatic heterocycles. The van der Waals surface area contributed by atoms with Gasteiger partial charge in [0.15, 0.2) is 0 Å². The van der Waals surface area contributed by atoms with Crippen molar-refractivity contribution in [3.63, 3.8) is 0 Å². The Hall–Kier alpha value is -1.67. The number of hydrogen-bond donors (Lipinski definition) is 0. The molecule has 0 spiro atoms. The van der Waals surface area contributed by atoms with Crippen LogP contribution in [0.15, 0.2) is 48.8 Å². The molecule has 0 saturated heterocycles. The van der Waals surface area contributed by atoms with Gasteiger partial charge in [0.25, 0.3) is 0 Å². The first-order chi connectivity index (χ1) is 9.78. The van der Waals surface area contributed by atoms with Gasteiger partial charge in [0, 0.05) is 25.5 Å². The van der Waals surface area contributed by atoms with Crippen molar-refractivity contribution >= 4 is 0 Å². The minimum Gasteiger partial charge on any atom is -0.298 e. The standard InChI is InChI=1S/C18H24N2/c1-3-4-6-16-8-10-17(11-9-16)14-20(2)15-18-7-5-12-19-13-18/h5,7-13H,3-4,6,14-15H2,1-2H3. The first kappa shape index (κ1) is 14.7. The Balaban J connectivity index is 1.86. The molecule has 2 heteroatoms. The van der Waals surface area contributed by atoms with E-state index in [1.165, 1.54) is 36.0 Å². The van der Waals surface area contributed by atoms with Crippen LogP contribution in [0, 0.1) is 0 Å². The number of rotatable bonds is 7. The lowest BCUT2D eigenvalue weighted by Gasteiger charge is -2.16. The van der Waals surface area contributed by atoms with Gasteiger partial charge < -0.3 is 0 Å². The summed E-state index contributed by atoms with van der Waals surface area (Å²) < 4.78 is 0. The molecule has 2 aromatic rings. The zero-order valence-corrected chi connectivity index (χ0v) is 12.5. The Morgan fingerprint density at radius 3 is 2.30 bits per heavy atom. The van der Waals surface area contributed by atoms with Crippen molar-refractivity contribution in [2.24, 2.45) is 0 Å². The van der Waals surface area contributed by atoms with Gasteiger partial charge in [-0.2, -0.15) is 0 Å². The Morgan fingerprint density at radius 2 is 1.65 bits per heavy atom. The molecule has 20 heavy (non-hydrogen) atoms. The molecule has 2 nitrogen and oxygen atoms in total. The summed E-state index contributed by atoms with van der Waals surface area (Å²) in [4.78, 5) is 6.48. The molecule has 1 heterocycles. The summed E-state index contributed by atoms with van der Waals surface area (Å²) in [6.07, 6.45) is 7.49. The molecule has 0 unspecified atom stereocenters. The maximum absolute atomic E-state index is 4.16. The first-order valence-corrected chi connectivity index (χ1v) is 7.43. The zero-order valence-electron chi connectivity index (χ0n) is 12.5. The quantitative estimate of drug-likeness (QED) is 0.753. The van der Waals surface area contributed by atoms with E-state index in [4.69, 9.17) is 0 Å². The van der Waals surface area contributed by atoms with Gasteiger partial charge in [0.05, 0.1) is 0 Å². The SMILES string of the molecule is CCCCc1ccc(CN(C)Cc2cccnc2)cc1. The number of aryl methyl sites for hydroxylation is 1. The Labute approximate surface area is 122 Å². The molecule has 2 rings (SSSR count). The van der Waals surface area contributed by atoms with Crippen LogP contribution in [0.3, 0.4) is 0 Å². The van der Waals surface area contributed by atoms with Crippen molar-refractivity contribution < 1.29 is 0 Å². The summed E-state index contributed by atoms with van der Waals surface area (Å²) in [6.45, 7) is 4.15. The minimum atomic E-state index is 0.936. The number of nitrogens with zero attached hydrogens (tertiary/aromatic N) is 2. The van der Waals surface area contributed by atoms with Crippen LogP contribution in [-0.4, -0.2) is 16.9 Å². The third-order valence-electron chi connectivity index (χ3n) is 3.47. The van der Waals surface area contributed by atoms with E-state index < -0.39 is 0 Å². The lowest BCUT2D eigenvalue weighted by Crippen LogP contribution is -2.17. The fourth-order valence-electron chi connectivity index (χ4n) is 2.36. The number of hydrogen-bond acceptors (Lipinski definition) is 2. The summed E-state index contributed by atoms with van der Waals surface area (Å²) >= 11 is 0. The second-order valence-corrected chi connectivity index (χ2v) is 5.45. The van der Waals surface area contributed by atoms with E-state index in [-0.39, 0.29) is 0 Å². The van der Waals surface area contributed by atoms with E-state index in [1.54, 1.807) is 0 Å². The highest BCUT2D eigenvalue weighted by molar-refractivity contribution is 5.22. The van der Waals surface area contributed by atoms with Gasteiger partial charge >= 0.3 is 0 Å². The Bertz CT molecular complexity index is 491. The van der Waals surface area contributed by atoms with Crippen LogP contribution in [0.1, 0.15) is 36.5 Å². The highest BCUT2D eigenvalue weighted by Crippen LogP contribution is 2.11. The van der Waals surface area contributed by atoms with E-state index in [9.17, 15) is 0 Å². The van der Waals surface area contributed by atoms with Crippen molar-refractivity contribution in [2.45, 2.75) is 39.3 Å². The Kier molecular flexibility index (Phi) is 5.75. The molecule has 0 saturated carbocycles. The summed E-state index contributed by atoms with van der Waals surface area (Å²) in [6, 6.07) is 13.2. The first-order valence-electron chi connectivity index (χ1n) is 7.43. The van der Waals surface area contributed by atoms with Gasteiger partial charge in [-0.05, 0) is 42.6 Å². The van der Waals surface area contributed by atoms with Crippen molar-refractivity contribution in [3.8, 4) is 0 Å². The summed E-state index contributed by atoms with van der Waals surface area (Å²) in [7, 11) is 2.15. The highest BCUT2D eigenvalue weighted by Gasteiger charge is 2.02. The summed E-state index contributed by atoms with van der Waals surface area (Å²) in [5.41, 5.74) is 4.08. The normalized spacial score (nSPS) is 10.9. The largest absolute Gasteiger partial charge is 0.298 e. The smallest absolute Gasteiger partial charge is 0.0312 e. The van der Waals surface area contributed by atoms with Gasteiger partial charge in [-0.1, -0.05) is 43.7 Å². The molecule has 0 N–H and O–H groups in total. The van der Waals surface area contributed by atoms with Crippen LogP contribution in [-0.2, 0) is 19.5 Å². The lowest BCUT2D eigenvalue weighted by molar-refractivity contribution is 0.318. The lowest BCUT2D eigenvalue weighted by atomic mass is 10.1. The zero-order chi connectivity index (χ0) is 14.2. The average Bonchev–Trinajstić information content (AvgIpc) is 2.47. The molecule has 0 atom stereocenters. The van der Waals surface area contributed by atoms with Gasteiger partial charge in [-0.25, -0.2) is 0 Å². The second-order valence-electron chi connectivity index (χ2n) is 5.45. The molecule has 106 valence electrons. The van der Waals surface area contributed by atoms with Crippen LogP contribution in [0.2, 0.25) is 0 Å². The van der Waals surface area contributed by atoms with Gasteiger partial charge in [0.1, 0.15) is 0 Å². The molecule has 0 amide bonds. The maximum atomic E-state index is 4.16. The minimum absolute atomic E-state index is 0.936. The fourth-order valence-corrected chi connectivity index (χ4v) is 2.36. The second kappa shape index (κ2) is 7.81. The number of pyridine rings is 1. The molecular formula is C18H24N2. The molecule has 0 bridgehead atoms. The molecule has 1 aromatic carbocycles. The number of aromatic nitrogens is 1. The molecule has 0 radical (unpaired) electrons. The monoisotopic (exact) mass is 268 g/mol. The third kappa shape index (κ3) is 4.78. The van der Waals surface area contributed by atoms with Crippen molar-refractivity contribution in [2.75, 3.05) is 7.05 Å². The predicted molar refractivity (Wildman–Crippen MR) is 84.5 cm³/mol. The van der Waals surface area contributed by atoms with E-state index in [2.05, 4.69) is 54.2 Å². The van der Waals surface area contributed by atoms with Crippen LogP contribution in [0.25, 0.3) is 0 Å². The molecule has 0 fully saturated rings. The van der Waals surface area contributed by atoms with Crippen molar-refractivity contribution in [3.05, 3.63) is 65.5 Å². The van der Waals surface area contributed by atoms with E-state index in [1.807, 2.05) is 18.5 Å². The van der Waals surface area contributed by atoms with Gasteiger partial charge in [-0.15, -0.1) is 0 Å². The van der Waals surface area contributed by atoms with E-state index in [0.29, 0.717) is 0 Å². The van der Waals surface area contributed by atoms with Crippen molar-refractivity contribution in [1.29, 1.82) is 0 Å². The van der Waals surface area contributed by atoms with E-state index >= 15 is 0 Å². The molecular weight excluding hydrogens is 244 g/mol. The van der Waals surface area contributed by atoms with Crippen molar-refractivity contribution in [1.82, 2.24) is 9.88 Å². The Morgan fingerprint density at radius 1 is 0.950 bits per heavy atom. The molecule has 0 aliphatic rings.